The number of aliphatic hydroxyl groups is 2. The van der Waals surface area contributed by atoms with Crippen molar-refractivity contribution >= 4 is 11.7 Å². The lowest BCUT2D eigenvalue weighted by molar-refractivity contribution is -0.131. The molecule has 92 valence electrons. The van der Waals surface area contributed by atoms with E-state index in [0.717, 1.165) is 0 Å². The molecule has 0 aromatic heterocycles. The van der Waals surface area contributed by atoms with Gasteiger partial charge in [0.2, 0.25) is 5.91 Å². The van der Waals surface area contributed by atoms with Crippen LogP contribution in [0.1, 0.15) is 35.4 Å². The molecule has 1 aromatic carbocycles. The number of Topliss-reactive ketones (excluding diaryl/α,β-unsaturated/α-hetero) is 1. The maximum atomic E-state index is 11.4. The second-order valence-electron chi connectivity index (χ2n) is 3.69. The van der Waals surface area contributed by atoms with Crippen LogP contribution in [0.5, 0.6) is 0 Å². The maximum Gasteiger partial charge on any atom is 0.249 e. The molecule has 0 fully saturated rings. The molecule has 0 aliphatic heterocycles. The molecule has 0 saturated carbocycles. The number of nitrogens with two attached hydrogens (primary N) is 1. The van der Waals surface area contributed by atoms with Crippen LogP contribution >= 0.6 is 0 Å². The van der Waals surface area contributed by atoms with Crippen LogP contribution in [0.15, 0.2) is 24.3 Å². The van der Waals surface area contributed by atoms with E-state index in [1.807, 2.05) is 0 Å². The Balaban J connectivity index is 2.87. The number of carbonyl (C=O) groups excluding carboxylic acids is 2. The topological polar surface area (TPSA) is 101 Å². The number of rotatable bonds is 5. The molecular weight excluding hydrogens is 222 g/mol. The van der Waals surface area contributed by atoms with Gasteiger partial charge in [-0.1, -0.05) is 31.2 Å². The maximum absolute atomic E-state index is 11.4. The fourth-order valence-electron chi connectivity index (χ4n) is 1.41. The predicted molar refractivity (Wildman–Crippen MR) is 61.2 cm³/mol. The van der Waals surface area contributed by atoms with Crippen molar-refractivity contribution in [1.29, 1.82) is 0 Å². The Morgan fingerprint density at radius 2 is 1.76 bits per heavy atom. The number of hydrogen-bond donors (Lipinski definition) is 3. The van der Waals surface area contributed by atoms with E-state index in [4.69, 9.17) is 5.73 Å². The van der Waals surface area contributed by atoms with Crippen molar-refractivity contribution in [2.45, 2.75) is 25.6 Å². The fourth-order valence-corrected chi connectivity index (χ4v) is 1.41. The van der Waals surface area contributed by atoms with E-state index in [-0.39, 0.29) is 5.78 Å². The predicted octanol–water partition coefficient (Wildman–Crippen LogP) is 0.159. The summed E-state index contributed by atoms with van der Waals surface area (Å²) in [7, 11) is 0. The Morgan fingerprint density at radius 1 is 1.24 bits per heavy atom. The van der Waals surface area contributed by atoms with E-state index in [9.17, 15) is 19.8 Å². The lowest BCUT2D eigenvalue weighted by atomic mass is 10.0. The summed E-state index contributed by atoms with van der Waals surface area (Å²) in [4.78, 5) is 22.0. The van der Waals surface area contributed by atoms with Crippen molar-refractivity contribution in [3.63, 3.8) is 0 Å². The van der Waals surface area contributed by atoms with Gasteiger partial charge in [-0.15, -0.1) is 0 Å². The zero-order valence-corrected chi connectivity index (χ0v) is 9.46. The second kappa shape index (κ2) is 5.56. The first-order valence-corrected chi connectivity index (χ1v) is 5.26. The van der Waals surface area contributed by atoms with E-state index >= 15 is 0 Å². The van der Waals surface area contributed by atoms with Gasteiger partial charge in [0.25, 0.3) is 0 Å². The van der Waals surface area contributed by atoms with Crippen molar-refractivity contribution in [2.24, 2.45) is 5.73 Å². The molecule has 0 saturated heterocycles. The average molecular weight is 237 g/mol. The molecule has 0 aliphatic rings. The number of aliphatic hydroxyl groups excluding tert-OH is 2. The van der Waals surface area contributed by atoms with E-state index in [1.165, 1.54) is 24.3 Å². The number of amides is 1. The molecule has 0 heterocycles. The third-order valence-corrected chi connectivity index (χ3v) is 2.49. The minimum absolute atomic E-state index is 0.0125. The van der Waals surface area contributed by atoms with Gasteiger partial charge in [0, 0.05) is 12.0 Å². The summed E-state index contributed by atoms with van der Waals surface area (Å²) in [5.74, 6) is -1.01. The molecular formula is C12H15NO4. The Labute approximate surface area is 98.9 Å². The van der Waals surface area contributed by atoms with Crippen LogP contribution in [0.3, 0.4) is 0 Å². The molecule has 4 N–H and O–H groups in total. The molecule has 5 nitrogen and oxygen atoms in total. The first-order valence-electron chi connectivity index (χ1n) is 5.26. The summed E-state index contributed by atoms with van der Waals surface area (Å²) in [6.45, 7) is 1.75. The molecule has 5 heteroatoms. The van der Waals surface area contributed by atoms with E-state index < -0.39 is 18.1 Å². The zero-order valence-electron chi connectivity index (χ0n) is 9.46. The Kier molecular flexibility index (Phi) is 4.37. The molecule has 1 amide bonds. The van der Waals surface area contributed by atoms with Gasteiger partial charge in [0.1, 0.15) is 6.10 Å². The zero-order chi connectivity index (χ0) is 13.0. The van der Waals surface area contributed by atoms with Gasteiger partial charge in [0.05, 0.1) is 0 Å². The van der Waals surface area contributed by atoms with Gasteiger partial charge in [-0.3, -0.25) is 9.59 Å². The van der Waals surface area contributed by atoms with Crippen molar-refractivity contribution < 1.29 is 19.8 Å². The van der Waals surface area contributed by atoms with Crippen LogP contribution in [-0.4, -0.2) is 28.0 Å². The largest absolute Gasteiger partial charge is 0.385 e. The quantitative estimate of drug-likeness (QED) is 0.635. The lowest BCUT2D eigenvalue weighted by Gasteiger charge is -2.15. The molecule has 17 heavy (non-hydrogen) atoms. The Morgan fingerprint density at radius 3 is 2.18 bits per heavy atom. The number of carbonyl (C=O) groups is 2. The Hall–Kier alpha value is -1.72. The molecule has 0 radical (unpaired) electrons. The summed E-state index contributed by atoms with van der Waals surface area (Å²) >= 11 is 0. The molecule has 0 bridgehead atoms. The average Bonchev–Trinajstić information content (AvgIpc) is 2.36. The van der Waals surface area contributed by atoms with Crippen molar-refractivity contribution in [2.75, 3.05) is 0 Å². The van der Waals surface area contributed by atoms with Crippen LogP contribution in [-0.2, 0) is 4.79 Å². The van der Waals surface area contributed by atoms with E-state index in [0.29, 0.717) is 17.5 Å². The summed E-state index contributed by atoms with van der Waals surface area (Å²) in [5, 5.41) is 18.9. The van der Waals surface area contributed by atoms with Crippen LogP contribution in [0.4, 0.5) is 0 Å². The number of hydrogen-bond acceptors (Lipinski definition) is 4. The molecule has 2 unspecified atom stereocenters. The van der Waals surface area contributed by atoms with Gasteiger partial charge < -0.3 is 15.9 Å². The van der Waals surface area contributed by atoms with Crippen LogP contribution in [0.25, 0.3) is 0 Å². The third-order valence-electron chi connectivity index (χ3n) is 2.49. The highest BCUT2D eigenvalue weighted by Crippen LogP contribution is 2.18. The van der Waals surface area contributed by atoms with Crippen LogP contribution in [0, 0.1) is 0 Å². The minimum atomic E-state index is -1.65. The monoisotopic (exact) mass is 237 g/mol. The molecule has 1 aromatic rings. The highest BCUT2D eigenvalue weighted by atomic mass is 16.3. The van der Waals surface area contributed by atoms with Crippen LogP contribution < -0.4 is 5.73 Å². The van der Waals surface area contributed by atoms with Gasteiger partial charge in [-0.05, 0) is 5.56 Å². The molecule has 1 rings (SSSR count). The number of primary amides is 1. The number of ketones is 1. The summed E-state index contributed by atoms with van der Waals surface area (Å²) in [6.07, 6.45) is -2.63. The van der Waals surface area contributed by atoms with Crippen LogP contribution in [0.2, 0.25) is 0 Å². The SMILES string of the molecule is CCC(=O)c1ccc(C(O)C(O)C(N)=O)cc1. The fraction of sp³-hybridized carbons (Fsp3) is 0.333. The molecule has 2 atom stereocenters. The minimum Gasteiger partial charge on any atom is -0.385 e. The lowest BCUT2D eigenvalue weighted by Crippen LogP contribution is -2.33. The second-order valence-corrected chi connectivity index (χ2v) is 3.69. The van der Waals surface area contributed by atoms with Gasteiger partial charge in [-0.25, -0.2) is 0 Å². The van der Waals surface area contributed by atoms with Gasteiger partial charge in [-0.2, -0.15) is 0 Å². The highest BCUT2D eigenvalue weighted by molar-refractivity contribution is 5.95. The summed E-state index contributed by atoms with van der Waals surface area (Å²) in [6, 6.07) is 6.05. The molecule has 0 spiro atoms. The van der Waals surface area contributed by atoms with E-state index in [2.05, 4.69) is 0 Å². The smallest absolute Gasteiger partial charge is 0.249 e. The Bertz CT molecular complexity index is 413. The summed E-state index contributed by atoms with van der Waals surface area (Å²) < 4.78 is 0. The molecule has 0 aliphatic carbocycles. The first-order chi connectivity index (χ1) is 7.97. The van der Waals surface area contributed by atoms with Gasteiger partial charge in [0.15, 0.2) is 11.9 Å². The normalized spacial score (nSPS) is 14.1. The van der Waals surface area contributed by atoms with Crippen molar-refractivity contribution in [3.8, 4) is 0 Å². The van der Waals surface area contributed by atoms with Crippen molar-refractivity contribution in [3.05, 3.63) is 35.4 Å². The number of benzene rings is 1. The van der Waals surface area contributed by atoms with Crippen molar-refractivity contribution in [1.82, 2.24) is 0 Å². The standard InChI is InChI=1S/C12H15NO4/c1-2-9(14)7-3-5-8(6-4-7)10(15)11(16)12(13)17/h3-6,10-11,15-16H,2H2,1H3,(H2,13,17). The van der Waals surface area contributed by atoms with E-state index in [1.54, 1.807) is 6.92 Å². The highest BCUT2D eigenvalue weighted by Gasteiger charge is 2.23. The summed E-state index contributed by atoms with van der Waals surface area (Å²) in [5.41, 5.74) is 5.73. The third kappa shape index (κ3) is 3.12. The van der Waals surface area contributed by atoms with Gasteiger partial charge >= 0.3 is 0 Å². The first kappa shape index (κ1) is 13.3.